The predicted molar refractivity (Wildman–Crippen MR) is 125 cm³/mol. The molecule has 3 aromatic carbocycles. The standard InChI is InChI=1S/C28H22N2O/c31-25-16-21(18-7-2-1-3-8-18)15-23-26-22-11-5-4-9-19(22)12-13-24(26)30-28(27(23)25)20-10-6-14-29-17-20/h1-14,17,21,28,30H,15-16H2/t21-,28-/m1/s1. The number of ketones is 1. The summed E-state index contributed by atoms with van der Waals surface area (Å²) in [6.07, 6.45) is 5.05. The van der Waals surface area contributed by atoms with Crippen molar-refractivity contribution in [1.29, 1.82) is 0 Å². The van der Waals surface area contributed by atoms with Crippen LogP contribution in [0.15, 0.2) is 96.8 Å². The summed E-state index contributed by atoms with van der Waals surface area (Å²) >= 11 is 0. The molecule has 0 radical (unpaired) electrons. The van der Waals surface area contributed by atoms with Gasteiger partial charge in [0.05, 0.1) is 6.04 Å². The third-order valence-corrected chi connectivity index (χ3v) is 6.62. The lowest BCUT2D eigenvalue weighted by atomic mass is 9.72. The molecule has 0 fully saturated rings. The van der Waals surface area contributed by atoms with E-state index in [2.05, 4.69) is 77.0 Å². The van der Waals surface area contributed by atoms with Crippen molar-refractivity contribution in [3.05, 3.63) is 114 Å². The van der Waals surface area contributed by atoms with Crippen LogP contribution in [0, 0.1) is 0 Å². The maximum absolute atomic E-state index is 13.6. The van der Waals surface area contributed by atoms with Crippen LogP contribution < -0.4 is 5.32 Å². The number of pyridine rings is 1. The molecular weight excluding hydrogens is 380 g/mol. The Labute approximate surface area is 181 Å². The van der Waals surface area contributed by atoms with Gasteiger partial charge in [0.15, 0.2) is 5.78 Å². The fraction of sp³-hybridized carbons (Fsp3) is 0.143. The Bertz CT molecular complexity index is 1330. The van der Waals surface area contributed by atoms with Crippen LogP contribution in [0.25, 0.3) is 16.3 Å². The summed E-state index contributed by atoms with van der Waals surface area (Å²) in [6.45, 7) is 0. The van der Waals surface area contributed by atoms with E-state index >= 15 is 0 Å². The van der Waals surface area contributed by atoms with Crippen molar-refractivity contribution in [3.8, 4) is 0 Å². The van der Waals surface area contributed by atoms with Crippen LogP contribution in [-0.4, -0.2) is 10.8 Å². The zero-order valence-corrected chi connectivity index (χ0v) is 17.1. The van der Waals surface area contributed by atoms with E-state index in [0.717, 1.165) is 23.2 Å². The molecule has 6 rings (SSSR count). The number of Topliss-reactive ketones (excluding diaryl/α,β-unsaturated/α-hetero) is 1. The van der Waals surface area contributed by atoms with Gasteiger partial charge in [0.1, 0.15) is 0 Å². The van der Waals surface area contributed by atoms with Crippen LogP contribution in [0.1, 0.15) is 41.5 Å². The number of hydrogen-bond acceptors (Lipinski definition) is 3. The first kappa shape index (κ1) is 18.1. The van der Waals surface area contributed by atoms with Crippen molar-refractivity contribution in [2.24, 2.45) is 0 Å². The fourth-order valence-electron chi connectivity index (χ4n) is 5.20. The van der Waals surface area contributed by atoms with Crippen molar-refractivity contribution < 1.29 is 4.79 Å². The van der Waals surface area contributed by atoms with E-state index in [0.29, 0.717) is 6.42 Å². The molecular formula is C28H22N2O. The highest BCUT2D eigenvalue weighted by Crippen LogP contribution is 2.50. The molecule has 0 saturated heterocycles. The van der Waals surface area contributed by atoms with Gasteiger partial charge in [0, 0.05) is 35.6 Å². The molecule has 0 spiro atoms. The molecule has 1 N–H and O–H groups in total. The molecule has 31 heavy (non-hydrogen) atoms. The Morgan fingerprint density at radius 2 is 1.61 bits per heavy atom. The molecule has 3 nitrogen and oxygen atoms in total. The van der Waals surface area contributed by atoms with E-state index in [1.165, 1.54) is 27.5 Å². The van der Waals surface area contributed by atoms with E-state index in [4.69, 9.17) is 0 Å². The summed E-state index contributed by atoms with van der Waals surface area (Å²) in [5, 5.41) is 6.07. The highest BCUT2D eigenvalue weighted by molar-refractivity contribution is 6.13. The normalized spacial score (nSPS) is 20.2. The average Bonchev–Trinajstić information content (AvgIpc) is 2.84. The predicted octanol–water partition coefficient (Wildman–Crippen LogP) is 6.30. The first-order valence-electron chi connectivity index (χ1n) is 10.8. The first-order chi connectivity index (χ1) is 15.3. The summed E-state index contributed by atoms with van der Waals surface area (Å²) < 4.78 is 0. The van der Waals surface area contributed by atoms with Gasteiger partial charge in [-0.3, -0.25) is 9.78 Å². The number of nitrogens with zero attached hydrogens (tertiary/aromatic N) is 1. The van der Waals surface area contributed by atoms with Crippen molar-refractivity contribution in [1.82, 2.24) is 4.98 Å². The number of carbonyl (C=O) groups excluding carboxylic acids is 1. The highest BCUT2D eigenvalue weighted by Gasteiger charge is 2.38. The number of rotatable bonds is 2. The third-order valence-electron chi connectivity index (χ3n) is 6.62. The quantitative estimate of drug-likeness (QED) is 0.428. The molecule has 4 aromatic rings. The van der Waals surface area contributed by atoms with E-state index < -0.39 is 0 Å². The number of allylic oxidation sites excluding steroid dienone is 1. The zero-order valence-electron chi connectivity index (χ0n) is 17.1. The minimum atomic E-state index is -0.165. The van der Waals surface area contributed by atoms with Gasteiger partial charge < -0.3 is 5.32 Å². The van der Waals surface area contributed by atoms with Crippen molar-refractivity contribution in [2.75, 3.05) is 5.32 Å². The topological polar surface area (TPSA) is 42.0 Å². The van der Waals surface area contributed by atoms with Gasteiger partial charge in [0.2, 0.25) is 0 Å². The summed E-state index contributed by atoms with van der Waals surface area (Å²) in [5.74, 6) is 0.432. The molecule has 2 atom stereocenters. The van der Waals surface area contributed by atoms with Crippen LogP contribution >= 0.6 is 0 Å². The van der Waals surface area contributed by atoms with Crippen LogP contribution in [0.3, 0.4) is 0 Å². The van der Waals surface area contributed by atoms with Gasteiger partial charge >= 0.3 is 0 Å². The SMILES string of the molecule is O=C1C[C@H](c2ccccc2)CC2=C1[C@@H](c1cccnc1)Nc1ccc3ccccc3c12. The maximum atomic E-state index is 13.6. The molecule has 0 amide bonds. The number of fused-ring (bicyclic) bond motifs is 4. The second-order valence-corrected chi connectivity index (χ2v) is 8.40. The lowest BCUT2D eigenvalue weighted by Gasteiger charge is -2.37. The molecule has 0 saturated carbocycles. The lowest BCUT2D eigenvalue weighted by Crippen LogP contribution is -2.29. The molecule has 0 bridgehead atoms. The molecule has 1 aromatic heterocycles. The third kappa shape index (κ3) is 2.97. The smallest absolute Gasteiger partial charge is 0.162 e. The van der Waals surface area contributed by atoms with Crippen molar-refractivity contribution >= 4 is 27.8 Å². The Kier molecular flexibility index (Phi) is 4.20. The van der Waals surface area contributed by atoms with Gasteiger partial charge in [-0.15, -0.1) is 0 Å². The van der Waals surface area contributed by atoms with Crippen molar-refractivity contribution in [3.63, 3.8) is 0 Å². The molecule has 1 aliphatic heterocycles. The van der Waals surface area contributed by atoms with Gasteiger partial charge in [0.25, 0.3) is 0 Å². The zero-order chi connectivity index (χ0) is 20.8. The van der Waals surface area contributed by atoms with Gasteiger partial charge in [-0.1, -0.05) is 66.7 Å². The number of nitrogens with one attached hydrogen (secondary N) is 1. The maximum Gasteiger partial charge on any atom is 0.162 e. The Morgan fingerprint density at radius 1 is 0.806 bits per heavy atom. The molecule has 1 aliphatic carbocycles. The Morgan fingerprint density at radius 3 is 2.45 bits per heavy atom. The van der Waals surface area contributed by atoms with Crippen molar-refractivity contribution in [2.45, 2.75) is 24.8 Å². The Balaban J connectivity index is 1.59. The molecule has 2 aliphatic rings. The number of carbonyl (C=O) groups is 1. The lowest BCUT2D eigenvalue weighted by molar-refractivity contribution is -0.116. The number of anilines is 1. The average molecular weight is 402 g/mol. The highest BCUT2D eigenvalue weighted by atomic mass is 16.1. The summed E-state index contributed by atoms with van der Waals surface area (Å²) in [6, 6.07) is 27.0. The number of hydrogen-bond donors (Lipinski definition) is 1. The molecule has 3 heteroatoms. The second-order valence-electron chi connectivity index (χ2n) is 8.40. The number of aromatic nitrogens is 1. The fourth-order valence-corrected chi connectivity index (χ4v) is 5.20. The van der Waals surface area contributed by atoms with Crippen LogP contribution in [0.2, 0.25) is 0 Å². The van der Waals surface area contributed by atoms with E-state index in [1.54, 1.807) is 6.20 Å². The first-order valence-corrected chi connectivity index (χ1v) is 10.8. The Hall–Kier alpha value is -3.72. The van der Waals surface area contributed by atoms with E-state index in [1.807, 2.05) is 18.3 Å². The molecule has 0 unspecified atom stereocenters. The minimum Gasteiger partial charge on any atom is -0.373 e. The number of benzene rings is 3. The van der Waals surface area contributed by atoms with Gasteiger partial charge in [-0.25, -0.2) is 0 Å². The van der Waals surface area contributed by atoms with Gasteiger partial charge in [-0.2, -0.15) is 0 Å². The summed E-state index contributed by atoms with van der Waals surface area (Å²) in [5.41, 5.74) is 6.63. The van der Waals surface area contributed by atoms with Crippen LogP contribution in [0.5, 0.6) is 0 Å². The van der Waals surface area contributed by atoms with E-state index in [-0.39, 0.29) is 17.7 Å². The largest absolute Gasteiger partial charge is 0.373 e. The molecule has 2 heterocycles. The molecule has 150 valence electrons. The summed E-state index contributed by atoms with van der Waals surface area (Å²) in [7, 11) is 0. The monoisotopic (exact) mass is 402 g/mol. The summed E-state index contributed by atoms with van der Waals surface area (Å²) in [4.78, 5) is 17.9. The minimum absolute atomic E-state index is 0.165. The van der Waals surface area contributed by atoms with Crippen LogP contribution in [0.4, 0.5) is 5.69 Å². The second kappa shape index (κ2) is 7.21. The van der Waals surface area contributed by atoms with E-state index in [9.17, 15) is 4.79 Å². The van der Waals surface area contributed by atoms with Crippen LogP contribution in [-0.2, 0) is 4.79 Å². The van der Waals surface area contributed by atoms with Gasteiger partial charge in [-0.05, 0) is 51.9 Å².